The number of ether oxygens (including phenoxy) is 1. The first kappa shape index (κ1) is 18.8. The lowest BCUT2D eigenvalue weighted by Crippen LogP contribution is -2.27. The van der Waals surface area contributed by atoms with Crippen molar-refractivity contribution < 1.29 is 14.1 Å². The lowest BCUT2D eigenvalue weighted by Gasteiger charge is -2.08. The Bertz CT molecular complexity index is 1160. The Morgan fingerprint density at radius 2 is 2.07 bits per heavy atom. The lowest BCUT2D eigenvalue weighted by atomic mass is 10.0. The maximum atomic E-state index is 13.0. The molecule has 1 N–H and O–H groups in total. The van der Waals surface area contributed by atoms with Crippen LogP contribution in [0.5, 0.6) is 0 Å². The summed E-state index contributed by atoms with van der Waals surface area (Å²) in [5, 5.41) is 12.0. The highest BCUT2D eigenvalue weighted by molar-refractivity contribution is 6.10. The number of hydrogen-bond acceptors (Lipinski definition) is 6. The van der Waals surface area contributed by atoms with E-state index in [1.54, 1.807) is 17.9 Å². The van der Waals surface area contributed by atoms with Crippen molar-refractivity contribution in [2.45, 2.75) is 6.92 Å². The third-order valence-corrected chi connectivity index (χ3v) is 4.62. The van der Waals surface area contributed by atoms with Gasteiger partial charge in [0.25, 0.3) is 11.6 Å². The molecule has 0 fully saturated rings. The van der Waals surface area contributed by atoms with Gasteiger partial charge in [0.2, 0.25) is 0 Å². The average Bonchev–Trinajstić information content (AvgIpc) is 3.30. The van der Waals surface area contributed by atoms with Crippen molar-refractivity contribution in [1.82, 2.24) is 25.2 Å². The Morgan fingerprint density at radius 3 is 2.76 bits per heavy atom. The van der Waals surface area contributed by atoms with Gasteiger partial charge in [-0.25, -0.2) is 4.98 Å². The van der Waals surface area contributed by atoms with Gasteiger partial charge >= 0.3 is 0 Å². The van der Waals surface area contributed by atoms with Crippen LogP contribution in [0.25, 0.3) is 33.6 Å². The van der Waals surface area contributed by atoms with Gasteiger partial charge in [0, 0.05) is 38.0 Å². The van der Waals surface area contributed by atoms with Gasteiger partial charge in [-0.2, -0.15) is 5.10 Å². The highest BCUT2D eigenvalue weighted by atomic mass is 16.5. The first-order valence-corrected chi connectivity index (χ1v) is 9.22. The van der Waals surface area contributed by atoms with Crippen LogP contribution in [0.15, 0.2) is 47.1 Å². The van der Waals surface area contributed by atoms with Gasteiger partial charge in [0.1, 0.15) is 5.69 Å². The van der Waals surface area contributed by atoms with Crippen LogP contribution in [-0.2, 0) is 11.8 Å². The number of nitrogens with zero attached hydrogens (tertiary/aromatic N) is 4. The number of benzene rings is 1. The van der Waals surface area contributed by atoms with E-state index in [0.717, 1.165) is 16.8 Å². The van der Waals surface area contributed by atoms with Crippen LogP contribution in [0.2, 0.25) is 0 Å². The van der Waals surface area contributed by atoms with Crippen LogP contribution in [-0.4, -0.2) is 46.1 Å². The Hall–Kier alpha value is -3.52. The molecule has 0 unspecified atom stereocenters. The number of aromatic nitrogens is 4. The van der Waals surface area contributed by atoms with Gasteiger partial charge in [0.15, 0.2) is 0 Å². The number of fused-ring (bicyclic) bond motifs is 1. The second kappa shape index (κ2) is 7.84. The molecule has 29 heavy (non-hydrogen) atoms. The molecule has 0 aliphatic rings. The summed E-state index contributed by atoms with van der Waals surface area (Å²) in [6.45, 7) is 2.71. The number of amides is 1. The van der Waals surface area contributed by atoms with Gasteiger partial charge < -0.3 is 14.6 Å². The summed E-state index contributed by atoms with van der Waals surface area (Å²) >= 11 is 0. The van der Waals surface area contributed by atoms with Crippen LogP contribution in [0.3, 0.4) is 0 Å². The van der Waals surface area contributed by atoms with Crippen molar-refractivity contribution >= 4 is 17.0 Å². The smallest absolute Gasteiger partial charge is 0.259 e. The van der Waals surface area contributed by atoms with Crippen LogP contribution in [0.4, 0.5) is 0 Å². The average molecular weight is 391 g/mol. The highest BCUT2D eigenvalue weighted by Gasteiger charge is 2.22. The molecular formula is C21H21N5O3. The fraction of sp³-hybridized carbons (Fsp3) is 0.238. The van der Waals surface area contributed by atoms with E-state index in [1.807, 2.05) is 50.5 Å². The topological polar surface area (TPSA) is 95.1 Å². The van der Waals surface area contributed by atoms with Crippen LogP contribution in [0.1, 0.15) is 16.1 Å². The van der Waals surface area contributed by atoms with Crippen LogP contribution >= 0.6 is 0 Å². The molecule has 0 saturated carbocycles. The third kappa shape index (κ3) is 3.62. The summed E-state index contributed by atoms with van der Waals surface area (Å²) in [4.78, 5) is 17.6. The van der Waals surface area contributed by atoms with E-state index in [1.165, 1.54) is 0 Å². The molecule has 4 rings (SSSR count). The van der Waals surface area contributed by atoms with E-state index in [-0.39, 0.29) is 5.91 Å². The largest absolute Gasteiger partial charge is 0.383 e. The molecule has 8 heteroatoms. The number of methoxy groups -OCH3 is 1. The summed E-state index contributed by atoms with van der Waals surface area (Å²) in [5.74, 6) is -0.238. The Morgan fingerprint density at radius 1 is 1.28 bits per heavy atom. The highest BCUT2D eigenvalue weighted by Crippen LogP contribution is 2.33. The van der Waals surface area contributed by atoms with E-state index in [9.17, 15) is 4.79 Å². The molecule has 4 aromatic rings. The molecule has 1 amide bonds. The van der Waals surface area contributed by atoms with Crippen molar-refractivity contribution in [1.29, 1.82) is 0 Å². The number of rotatable bonds is 6. The van der Waals surface area contributed by atoms with Crippen molar-refractivity contribution in [2.24, 2.45) is 7.05 Å². The quantitative estimate of drug-likeness (QED) is 0.508. The van der Waals surface area contributed by atoms with E-state index in [2.05, 4.69) is 20.6 Å². The van der Waals surface area contributed by atoms with E-state index >= 15 is 0 Å². The fourth-order valence-corrected chi connectivity index (χ4v) is 3.27. The zero-order chi connectivity index (χ0) is 20.4. The molecule has 1 aromatic carbocycles. The molecule has 0 aliphatic heterocycles. The van der Waals surface area contributed by atoms with E-state index in [4.69, 9.17) is 9.26 Å². The molecule has 0 aliphatic carbocycles. The van der Waals surface area contributed by atoms with Gasteiger partial charge in [0.05, 0.1) is 28.9 Å². The Labute approximate surface area is 167 Å². The van der Waals surface area contributed by atoms with Gasteiger partial charge in [-0.1, -0.05) is 35.5 Å². The number of nitrogens with one attached hydrogen (secondary N) is 1. The van der Waals surface area contributed by atoms with Crippen molar-refractivity contribution in [3.05, 3.63) is 53.9 Å². The molecule has 3 aromatic heterocycles. The predicted molar refractivity (Wildman–Crippen MR) is 108 cm³/mol. The molecule has 8 nitrogen and oxygen atoms in total. The van der Waals surface area contributed by atoms with Crippen molar-refractivity contribution in [3.8, 4) is 22.5 Å². The van der Waals surface area contributed by atoms with E-state index in [0.29, 0.717) is 41.2 Å². The SMILES string of the molecule is COCCNC(=O)c1cc(-c2cn(C)nc2C)nc2onc(-c3ccccc3)c12. The van der Waals surface area contributed by atoms with Gasteiger partial charge in [-0.15, -0.1) is 0 Å². The zero-order valence-corrected chi connectivity index (χ0v) is 16.5. The number of hydrogen-bond donors (Lipinski definition) is 1. The second-order valence-electron chi connectivity index (χ2n) is 6.68. The lowest BCUT2D eigenvalue weighted by molar-refractivity contribution is 0.0938. The standard InChI is InChI=1S/C21H21N5O3/c1-13-16(12-26(2)24-13)17-11-15(20(27)22-9-10-28-3)18-19(25-29-21(18)23-17)14-7-5-4-6-8-14/h4-8,11-12H,9-10H2,1-3H3,(H,22,27). The Kier molecular flexibility index (Phi) is 5.09. The maximum absolute atomic E-state index is 13.0. The third-order valence-electron chi connectivity index (χ3n) is 4.62. The zero-order valence-electron chi connectivity index (χ0n) is 16.5. The van der Waals surface area contributed by atoms with Crippen molar-refractivity contribution in [2.75, 3.05) is 20.3 Å². The molecule has 0 radical (unpaired) electrons. The number of carbonyl (C=O) groups excluding carboxylic acids is 1. The summed E-state index contributed by atoms with van der Waals surface area (Å²) in [6.07, 6.45) is 1.87. The fourth-order valence-electron chi connectivity index (χ4n) is 3.27. The Balaban J connectivity index is 1.89. The molecule has 0 bridgehead atoms. The maximum Gasteiger partial charge on any atom is 0.259 e. The summed E-state index contributed by atoms with van der Waals surface area (Å²) < 4.78 is 12.3. The summed E-state index contributed by atoms with van der Waals surface area (Å²) in [6, 6.07) is 11.3. The van der Waals surface area contributed by atoms with Gasteiger partial charge in [-0.05, 0) is 13.0 Å². The summed E-state index contributed by atoms with van der Waals surface area (Å²) in [7, 11) is 3.43. The van der Waals surface area contributed by atoms with E-state index < -0.39 is 0 Å². The normalized spacial score (nSPS) is 11.1. The number of pyridine rings is 1. The monoisotopic (exact) mass is 391 g/mol. The minimum Gasteiger partial charge on any atom is -0.383 e. The molecule has 0 atom stereocenters. The molecular weight excluding hydrogens is 370 g/mol. The number of aryl methyl sites for hydroxylation is 2. The first-order valence-electron chi connectivity index (χ1n) is 9.22. The van der Waals surface area contributed by atoms with Crippen LogP contribution < -0.4 is 5.32 Å². The van der Waals surface area contributed by atoms with Crippen LogP contribution in [0, 0.1) is 6.92 Å². The second-order valence-corrected chi connectivity index (χ2v) is 6.68. The minimum absolute atomic E-state index is 0.238. The molecule has 148 valence electrons. The summed E-state index contributed by atoms with van der Waals surface area (Å²) in [5.41, 5.74) is 4.44. The first-order chi connectivity index (χ1) is 14.1. The number of carbonyl (C=O) groups is 1. The van der Waals surface area contributed by atoms with Crippen molar-refractivity contribution in [3.63, 3.8) is 0 Å². The minimum atomic E-state index is -0.238. The molecule has 0 spiro atoms. The predicted octanol–water partition coefficient (Wildman–Crippen LogP) is 2.97. The molecule has 3 heterocycles. The van der Waals surface area contributed by atoms with Gasteiger partial charge in [-0.3, -0.25) is 9.48 Å². The molecule has 0 saturated heterocycles.